The molecule has 1 aromatic carbocycles. The molecule has 0 fully saturated rings. The fraction of sp³-hybridized carbons (Fsp3) is 0.538. The van der Waals surface area contributed by atoms with Crippen molar-refractivity contribution < 1.29 is 4.74 Å². The fourth-order valence-electron chi connectivity index (χ4n) is 1.69. The van der Waals surface area contributed by atoms with Crippen LogP contribution in [-0.4, -0.2) is 19.2 Å². The van der Waals surface area contributed by atoms with E-state index in [1.165, 1.54) is 0 Å². The monoisotopic (exact) mass is 256 g/mol. The first-order valence-corrected chi connectivity index (χ1v) is 6.46. The van der Waals surface area contributed by atoms with Gasteiger partial charge in [0.2, 0.25) is 0 Å². The van der Waals surface area contributed by atoms with Crippen molar-refractivity contribution >= 4 is 11.6 Å². The third kappa shape index (κ3) is 5.91. The van der Waals surface area contributed by atoms with E-state index in [0.717, 1.165) is 31.4 Å². The van der Waals surface area contributed by atoms with Gasteiger partial charge in [0.1, 0.15) is 5.75 Å². The highest BCUT2D eigenvalue weighted by Gasteiger charge is 2.09. The maximum Gasteiger partial charge on any atom is 0.121 e. The lowest BCUT2D eigenvalue weighted by Crippen LogP contribution is -2.19. The number of hydrogen-bond donors (Lipinski definition) is 2. The average Bonchev–Trinajstić information content (AvgIpc) is 2.32. The molecule has 0 aliphatic rings. The maximum atomic E-state index is 5.92. The zero-order chi connectivity index (χ0) is 12.5. The minimum Gasteiger partial charge on any atom is -0.490 e. The van der Waals surface area contributed by atoms with Crippen LogP contribution in [-0.2, 0) is 0 Å². The van der Waals surface area contributed by atoms with Gasteiger partial charge in [-0.05, 0) is 57.0 Å². The summed E-state index contributed by atoms with van der Waals surface area (Å²) < 4.78 is 5.90. The quantitative estimate of drug-likeness (QED) is 0.752. The van der Waals surface area contributed by atoms with Gasteiger partial charge < -0.3 is 16.2 Å². The van der Waals surface area contributed by atoms with E-state index in [0.29, 0.717) is 18.1 Å². The van der Waals surface area contributed by atoms with E-state index in [-0.39, 0.29) is 6.10 Å². The van der Waals surface area contributed by atoms with Crippen LogP contribution in [0.2, 0.25) is 5.02 Å². The SMILES string of the molecule is NCCCC(CCCN)Oc1cccc(Cl)c1. The van der Waals surface area contributed by atoms with Crippen molar-refractivity contribution in [2.24, 2.45) is 11.5 Å². The van der Waals surface area contributed by atoms with Gasteiger partial charge in [-0.15, -0.1) is 0 Å². The molecule has 0 radical (unpaired) electrons. The number of hydrogen-bond acceptors (Lipinski definition) is 3. The molecule has 4 N–H and O–H groups in total. The summed E-state index contributed by atoms with van der Waals surface area (Å²) in [7, 11) is 0. The Hall–Kier alpha value is -0.770. The molecule has 0 saturated heterocycles. The van der Waals surface area contributed by atoms with Gasteiger partial charge in [-0.3, -0.25) is 0 Å². The summed E-state index contributed by atoms with van der Waals surface area (Å²) in [6.07, 6.45) is 4.04. The van der Waals surface area contributed by atoms with E-state index in [2.05, 4.69) is 0 Å². The lowest BCUT2D eigenvalue weighted by Gasteiger charge is -2.18. The zero-order valence-electron chi connectivity index (χ0n) is 10.1. The van der Waals surface area contributed by atoms with Gasteiger partial charge in [0, 0.05) is 5.02 Å². The van der Waals surface area contributed by atoms with E-state index in [4.69, 9.17) is 27.8 Å². The molecule has 0 atom stereocenters. The number of rotatable bonds is 8. The van der Waals surface area contributed by atoms with Crippen LogP contribution in [0.3, 0.4) is 0 Å². The summed E-state index contributed by atoms with van der Waals surface area (Å²) in [5.41, 5.74) is 11.0. The molecule has 0 heterocycles. The molecule has 0 aliphatic heterocycles. The third-order valence-corrected chi connectivity index (χ3v) is 2.79. The third-order valence-electron chi connectivity index (χ3n) is 2.56. The van der Waals surface area contributed by atoms with E-state index >= 15 is 0 Å². The summed E-state index contributed by atoms with van der Waals surface area (Å²) in [5.74, 6) is 0.816. The molecule has 0 aromatic heterocycles. The molecule has 0 bridgehead atoms. The van der Waals surface area contributed by atoms with Gasteiger partial charge >= 0.3 is 0 Å². The largest absolute Gasteiger partial charge is 0.490 e. The number of ether oxygens (including phenoxy) is 1. The second-order valence-electron chi connectivity index (χ2n) is 4.06. The maximum absolute atomic E-state index is 5.92. The minimum atomic E-state index is 0.181. The van der Waals surface area contributed by atoms with Crippen molar-refractivity contribution in [3.8, 4) is 5.75 Å². The van der Waals surface area contributed by atoms with Crippen molar-refractivity contribution in [2.75, 3.05) is 13.1 Å². The molecule has 96 valence electrons. The predicted molar refractivity (Wildman–Crippen MR) is 72.4 cm³/mol. The Kier molecular flexibility index (Phi) is 7.01. The molecule has 0 saturated carbocycles. The summed E-state index contributed by atoms with van der Waals surface area (Å²) in [6, 6.07) is 7.48. The second kappa shape index (κ2) is 8.34. The topological polar surface area (TPSA) is 61.3 Å². The molecule has 3 nitrogen and oxygen atoms in total. The molecular weight excluding hydrogens is 236 g/mol. The smallest absolute Gasteiger partial charge is 0.121 e. The minimum absolute atomic E-state index is 0.181. The standard InChI is InChI=1S/C13H21ClN2O/c14-11-4-1-5-13(10-11)17-12(6-2-8-15)7-3-9-16/h1,4-5,10,12H,2-3,6-9,15-16H2. The molecule has 0 aliphatic carbocycles. The van der Waals surface area contributed by atoms with Crippen molar-refractivity contribution in [1.82, 2.24) is 0 Å². The molecule has 0 amide bonds. The Balaban J connectivity index is 2.51. The van der Waals surface area contributed by atoms with Crippen LogP contribution in [0.15, 0.2) is 24.3 Å². The van der Waals surface area contributed by atoms with Crippen LogP contribution < -0.4 is 16.2 Å². The van der Waals surface area contributed by atoms with Crippen LogP contribution in [0, 0.1) is 0 Å². The van der Waals surface area contributed by atoms with E-state index in [1.54, 1.807) is 0 Å². The first-order valence-electron chi connectivity index (χ1n) is 6.08. The van der Waals surface area contributed by atoms with Gasteiger partial charge in [0.25, 0.3) is 0 Å². The number of benzene rings is 1. The van der Waals surface area contributed by atoms with Crippen molar-refractivity contribution in [3.05, 3.63) is 29.3 Å². The summed E-state index contributed by atoms with van der Waals surface area (Å²) in [5, 5.41) is 0.693. The van der Waals surface area contributed by atoms with Crippen LogP contribution in [0.5, 0.6) is 5.75 Å². The van der Waals surface area contributed by atoms with Crippen molar-refractivity contribution in [2.45, 2.75) is 31.8 Å². The summed E-state index contributed by atoms with van der Waals surface area (Å²) in [4.78, 5) is 0. The molecule has 4 heteroatoms. The van der Waals surface area contributed by atoms with Crippen molar-refractivity contribution in [3.63, 3.8) is 0 Å². The predicted octanol–water partition coefficient (Wildman–Crippen LogP) is 2.57. The van der Waals surface area contributed by atoms with Gasteiger partial charge in [-0.1, -0.05) is 17.7 Å². The molecular formula is C13H21ClN2O. The first kappa shape index (κ1) is 14.3. The van der Waals surface area contributed by atoms with E-state index in [9.17, 15) is 0 Å². The van der Waals surface area contributed by atoms with Crippen LogP contribution >= 0.6 is 11.6 Å². The Morgan fingerprint density at radius 2 is 1.76 bits per heavy atom. The normalized spacial score (nSPS) is 10.8. The number of halogens is 1. The number of nitrogens with two attached hydrogens (primary N) is 2. The Morgan fingerprint density at radius 3 is 2.29 bits per heavy atom. The summed E-state index contributed by atoms with van der Waals surface area (Å²) in [6.45, 7) is 1.38. The van der Waals surface area contributed by atoms with Gasteiger partial charge in [-0.2, -0.15) is 0 Å². The molecule has 17 heavy (non-hydrogen) atoms. The highest BCUT2D eigenvalue weighted by Crippen LogP contribution is 2.20. The highest BCUT2D eigenvalue weighted by molar-refractivity contribution is 6.30. The van der Waals surface area contributed by atoms with Gasteiger partial charge in [0.05, 0.1) is 6.10 Å². The lowest BCUT2D eigenvalue weighted by molar-refractivity contribution is 0.177. The zero-order valence-corrected chi connectivity index (χ0v) is 10.8. The average molecular weight is 257 g/mol. The fourth-order valence-corrected chi connectivity index (χ4v) is 1.87. The van der Waals surface area contributed by atoms with E-state index in [1.807, 2.05) is 24.3 Å². The van der Waals surface area contributed by atoms with Crippen LogP contribution in [0.4, 0.5) is 0 Å². The summed E-state index contributed by atoms with van der Waals surface area (Å²) >= 11 is 5.92. The molecule has 1 rings (SSSR count). The van der Waals surface area contributed by atoms with Crippen molar-refractivity contribution in [1.29, 1.82) is 0 Å². The highest BCUT2D eigenvalue weighted by atomic mass is 35.5. The van der Waals surface area contributed by atoms with E-state index < -0.39 is 0 Å². The van der Waals surface area contributed by atoms with Gasteiger partial charge in [-0.25, -0.2) is 0 Å². The second-order valence-corrected chi connectivity index (χ2v) is 4.50. The van der Waals surface area contributed by atoms with Crippen LogP contribution in [0.1, 0.15) is 25.7 Å². The molecule has 0 unspecified atom stereocenters. The van der Waals surface area contributed by atoms with Gasteiger partial charge in [0.15, 0.2) is 0 Å². The lowest BCUT2D eigenvalue weighted by atomic mass is 10.1. The Morgan fingerprint density at radius 1 is 1.12 bits per heavy atom. The first-order chi connectivity index (χ1) is 8.26. The Labute approximate surface area is 108 Å². The molecule has 1 aromatic rings. The molecule has 0 spiro atoms. The van der Waals surface area contributed by atoms with Crippen LogP contribution in [0.25, 0.3) is 0 Å². The Bertz CT molecular complexity index is 312.